The fourth-order valence-electron chi connectivity index (χ4n) is 2.93. The lowest BCUT2D eigenvalue weighted by Crippen LogP contribution is -2.55. The molecule has 1 aromatic carbocycles. The summed E-state index contributed by atoms with van der Waals surface area (Å²) in [7, 11) is 0. The number of carbonyl (C=O) groups is 1. The highest BCUT2D eigenvalue weighted by Crippen LogP contribution is 2.46. The zero-order valence-corrected chi connectivity index (χ0v) is 8.57. The Morgan fingerprint density at radius 1 is 1.27 bits per heavy atom. The molecule has 3 heterocycles. The topological polar surface area (TPSA) is 46.3 Å². The predicted octanol–water partition coefficient (Wildman–Crippen LogP) is 1.02. The van der Waals surface area contributed by atoms with Crippen LogP contribution in [0.1, 0.15) is 18.4 Å². The molecule has 78 valence electrons. The van der Waals surface area contributed by atoms with E-state index in [1.165, 1.54) is 5.69 Å². The van der Waals surface area contributed by atoms with Crippen LogP contribution in [-0.4, -0.2) is 19.0 Å². The molecule has 2 N–H and O–H groups in total. The highest BCUT2D eigenvalue weighted by molar-refractivity contribution is 5.90. The second-order valence-corrected chi connectivity index (χ2v) is 4.45. The van der Waals surface area contributed by atoms with Crippen molar-refractivity contribution in [2.75, 3.05) is 18.0 Å². The number of piperidine rings is 1. The summed E-state index contributed by atoms with van der Waals surface area (Å²) >= 11 is 0. The zero-order valence-electron chi connectivity index (χ0n) is 8.57. The minimum Gasteiger partial charge on any atom is -0.371 e. The third-order valence-corrected chi connectivity index (χ3v) is 3.85. The number of fused-ring (bicyclic) bond motifs is 2. The zero-order chi connectivity index (χ0) is 10.5. The summed E-state index contributed by atoms with van der Waals surface area (Å²) < 4.78 is 0. The van der Waals surface area contributed by atoms with Crippen molar-refractivity contribution in [1.29, 1.82) is 0 Å². The number of hydrogen-bond acceptors (Lipinski definition) is 2. The molecule has 0 saturated carbocycles. The van der Waals surface area contributed by atoms with Crippen LogP contribution in [0.4, 0.5) is 5.69 Å². The Bertz CT molecular complexity index is 419. The molecule has 3 aliphatic rings. The Hall–Kier alpha value is -1.51. The Balaban J connectivity index is 2.24. The third kappa shape index (κ3) is 0.978. The lowest BCUT2D eigenvalue weighted by molar-refractivity contribution is -0.124. The molecule has 15 heavy (non-hydrogen) atoms. The van der Waals surface area contributed by atoms with Crippen LogP contribution >= 0.6 is 0 Å². The molecule has 1 saturated heterocycles. The number of amides is 1. The van der Waals surface area contributed by atoms with E-state index < -0.39 is 0 Å². The second kappa shape index (κ2) is 2.75. The van der Waals surface area contributed by atoms with Crippen LogP contribution in [0.5, 0.6) is 0 Å². The van der Waals surface area contributed by atoms with Crippen LogP contribution in [0.15, 0.2) is 24.3 Å². The van der Waals surface area contributed by atoms with E-state index in [9.17, 15) is 4.79 Å². The molecule has 2 bridgehead atoms. The molecule has 0 aromatic heterocycles. The van der Waals surface area contributed by atoms with Crippen molar-refractivity contribution in [3.05, 3.63) is 29.8 Å². The summed E-state index contributed by atoms with van der Waals surface area (Å²) in [6.45, 7) is 1.92. The molecule has 3 heteroatoms. The van der Waals surface area contributed by atoms with Gasteiger partial charge in [0, 0.05) is 18.8 Å². The molecule has 3 nitrogen and oxygen atoms in total. The van der Waals surface area contributed by atoms with E-state index in [1.807, 2.05) is 18.2 Å². The fourth-order valence-corrected chi connectivity index (χ4v) is 2.93. The van der Waals surface area contributed by atoms with E-state index in [0.717, 1.165) is 31.5 Å². The number of rotatable bonds is 1. The summed E-state index contributed by atoms with van der Waals surface area (Å²) in [5.74, 6) is -0.158. The highest BCUT2D eigenvalue weighted by atomic mass is 16.1. The number of benzene rings is 1. The molecule has 0 atom stereocenters. The number of primary amides is 1. The van der Waals surface area contributed by atoms with Gasteiger partial charge in [-0.1, -0.05) is 18.2 Å². The SMILES string of the molecule is NC(=O)C12CCN(CC1)c1ccccc12. The van der Waals surface area contributed by atoms with Gasteiger partial charge in [0.2, 0.25) is 5.91 Å². The van der Waals surface area contributed by atoms with Crippen LogP contribution in [0.25, 0.3) is 0 Å². The van der Waals surface area contributed by atoms with Crippen molar-refractivity contribution >= 4 is 11.6 Å². The van der Waals surface area contributed by atoms with Crippen LogP contribution in [0.3, 0.4) is 0 Å². The fraction of sp³-hybridized carbons (Fsp3) is 0.417. The average Bonchev–Trinajstić information content (AvgIpc) is 2.31. The Morgan fingerprint density at radius 2 is 1.93 bits per heavy atom. The van der Waals surface area contributed by atoms with Crippen molar-refractivity contribution < 1.29 is 4.79 Å². The van der Waals surface area contributed by atoms with Gasteiger partial charge in [0.15, 0.2) is 0 Å². The highest BCUT2D eigenvalue weighted by Gasteiger charge is 2.47. The maximum Gasteiger partial charge on any atom is 0.228 e. The van der Waals surface area contributed by atoms with Gasteiger partial charge in [-0.15, -0.1) is 0 Å². The van der Waals surface area contributed by atoms with E-state index in [4.69, 9.17) is 5.73 Å². The van der Waals surface area contributed by atoms with E-state index >= 15 is 0 Å². The van der Waals surface area contributed by atoms with E-state index in [0.29, 0.717) is 0 Å². The maximum atomic E-state index is 11.7. The Kier molecular flexibility index (Phi) is 1.61. The van der Waals surface area contributed by atoms with Gasteiger partial charge in [0.05, 0.1) is 5.41 Å². The smallest absolute Gasteiger partial charge is 0.228 e. The second-order valence-electron chi connectivity index (χ2n) is 4.45. The largest absolute Gasteiger partial charge is 0.371 e. The summed E-state index contributed by atoms with van der Waals surface area (Å²) in [6, 6.07) is 8.15. The summed E-state index contributed by atoms with van der Waals surface area (Å²) in [5, 5.41) is 0. The molecule has 0 aliphatic carbocycles. The number of para-hydroxylation sites is 1. The van der Waals surface area contributed by atoms with E-state index in [2.05, 4.69) is 11.0 Å². The summed E-state index contributed by atoms with van der Waals surface area (Å²) in [5.41, 5.74) is 7.55. The molecule has 3 aliphatic heterocycles. The van der Waals surface area contributed by atoms with Gasteiger partial charge in [-0.25, -0.2) is 0 Å². The van der Waals surface area contributed by atoms with Crippen LogP contribution < -0.4 is 10.6 Å². The molecule has 1 aromatic rings. The number of nitrogens with two attached hydrogens (primary N) is 1. The molecule has 1 fully saturated rings. The van der Waals surface area contributed by atoms with Crippen LogP contribution in [0.2, 0.25) is 0 Å². The molecule has 0 unspecified atom stereocenters. The Labute approximate surface area is 88.9 Å². The van der Waals surface area contributed by atoms with Crippen LogP contribution in [0, 0.1) is 0 Å². The number of hydrogen-bond donors (Lipinski definition) is 1. The van der Waals surface area contributed by atoms with Crippen molar-refractivity contribution in [3.8, 4) is 0 Å². The first-order valence-corrected chi connectivity index (χ1v) is 5.38. The molecule has 0 spiro atoms. The van der Waals surface area contributed by atoms with Gasteiger partial charge < -0.3 is 10.6 Å². The first kappa shape index (κ1) is 8.77. The Morgan fingerprint density at radius 3 is 2.60 bits per heavy atom. The first-order valence-electron chi connectivity index (χ1n) is 5.38. The monoisotopic (exact) mass is 202 g/mol. The van der Waals surface area contributed by atoms with E-state index in [-0.39, 0.29) is 11.3 Å². The van der Waals surface area contributed by atoms with Gasteiger partial charge in [0.1, 0.15) is 0 Å². The number of nitrogens with zero attached hydrogens (tertiary/aromatic N) is 1. The minimum absolute atomic E-state index is 0.158. The molecular formula is C12H14N2O. The predicted molar refractivity (Wildman–Crippen MR) is 58.8 cm³/mol. The van der Waals surface area contributed by atoms with Gasteiger partial charge in [-0.2, -0.15) is 0 Å². The number of carbonyl (C=O) groups excluding carboxylic acids is 1. The first-order chi connectivity index (χ1) is 7.24. The van der Waals surface area contributed by atoms with Crippen LogP contribution in [-0.2, 0) is 10.2 Å². The molecule has 0 radical (unpaired) electrons. The molecule has 4 rings (SSSR count). The summed E-state index contributed by atoms with van der Waals surface area (Å²) in [6.07, 6.45) is 1.75. The van der Waals surface area contributed by atoms with Gasteiger partial charge in [-0.3, -0.25) is 4.79 Å². The normalized spacial score (nSPS) is 21.2. The number of anilines is 1. The standard InChI is InChI=1S/C12H14N2O/c13-11(15)12-5-7-14(8-6-12)10-4-2-1-3-9(10)12/h1-4H,5-8H2,(H2,13,15). The average molecular weight is 202 g/mol. The minimum atomic E-state index is -0.384. The van der Waals surface area contributed by atoms with Gasteiger partial charge in [-0.05, 0) is 24.5 Å². The van der Waals surface area contributed by atoms with Gasteiger partial charge >= 0.3 is 0 Å². The van der Waals surface area contributed by atoms with Crippen molar-refractivity contribution in [1.82, 2.24) is 0 Å². The third-order valence-electron chi connectivity index (χ3n) is 3.85. The molecule has 1 amide bonds. The van der Waals surface area contributed by atoms with E-state index in [1.54, 1.807) is 0 Å². The van der Waals surface area contributed by atoms with Crippen molar-refractivity contribution in [2.24, 2.45) is 5.73 Å². The van der Waals surface area contributed by atoms with Gasteiger partial charge in [0.25, 0.3) is 0 Å². The molecular weight excluding hydrogens is 188 g/mol. The maximum absolute atomic E-state index is 11.7. The van der Waals surface area contributed by atoms with Crippen molar-refractivity contribution in [3.63, 3.8) is 0 Å². The summed E-state index contributed by atoms with van der Waals surface area (Å²) in [4.78, 5) is 14.0. The van der Waals surface area contributed by atoms with Crippen molar-refractivity contribution in [2.45, 2.75) is 18.3 Å². The quantitative estimate of drug-likeness (QED) is 0.739. The lowest BCUT2D eigenvalue weighted by Gasteiger charge is -2.48. The lowest BCUT2D eigenvalue weighted by atomic mass is 9.68.